The van der Waals surface area contributed by atoms with Crippen LogP contribution in [0.25, 0.3) is 10.4 Å². The molecule has 24 heteroatoms. The van der Waals surface area contributed by atoms with Crippen molar-refractivity contribution in [1.82, 2.24) is 16.0 Å². The molecule has 3 rings (SSSR count). The van der Waals surface area contributed by atoms with E-state index in [1.54, 1.807) is 0 Å². The largest absolute Gasteiger partial charge is 0.394 e. The molecule has 3 amide bonds. The number of carbonyl (C=O) groups is 4. The van der Waals surface area contributed by atoms with Crippen LogP contribution >= 0.6 is 0 Å². The van der Waals surface area contributed by atoms with Crippen molar-refractivity contribution >= 4 is 23.7 Å². The molecule has 0 saturated carbocycles. The zero-order chi connectivity index (χ0) is 40.1. The van der Waals surface area contributed by atoms with Crippen LogP contribution in [-0.4, -0.2) is 192 Å². The van der Waals surface area contributed by atoms with Crippen molar-refractivity contribution in [3.63, 3.8) is 0 Å². The van der Waals surface area contributed by atoms with Crippen LogP contribution < -0.4 is 16.0 Å². The van der Waals surface area contributed by atoms with Gasteiger partial charge in [0, 0.05) is 37.5 Å². The van der Waals surface area contributed by atoms with Gasteiger partial charge in [0.1, 0.15) is 49.2 Å². The van der Waals surface area contributed by atoms with Crippen LogP contribution in [-0.2, 0) is 52.6 Å². The topological polar surface area (TPSA) is 359 Å². The van der Waals surface area contributed by atoms with E-state index in [1.165, 1.54) is 20.8 Å². The van der Waals surface area contributed by atoms with Crippen LogP contribution in [0.3, 0.4) is 0 Å². The van der Waals surface area contributed by atoms with Gasteiger partial charge in [-0.25, -0.2) is 4.79 Å². The van der Waals surface area contributed by atoms with E-state index in [4.69, 9.17) is 39.0 Å². The van der Waals surface area contributed by atoms with E-state index in [1.807, 2.05) is 0 Å². The average Bonchev–Trinajstić information content (AvgIpc) is 3.12. The van der Waals surface area contributed by atoms with Gasteiger partial charge in [-0.05, 0) is 5.53 Å². The molecule has 0 aromatic heterocycles. The summed E-state index contributed by atoms with van der Waals surface area (Å²) in [5.41, 5.74) is 8.58. The molecule has 3 saturated heterocycles. The Kier molecular flexibility index (Phi) is 18.1. The summed E-state index contributed by atoms with van der Waals surface area (Å²) in [5.74, 6) is -4.91. The molecule has 3 aliphatic heterocycles. The van der Waals surface area contributed by atoms with E-state index in [0.29, 0.717) is 0 Å². The first-order chi connectivity index (χ1) is 25.7. The minimum Gasteiger partial charge on any atom is -0.394 e. The molecule has 3 aliphatic rings. The average molecular weight is 783 g/mol. The number of hydrogen-bond donors (Lipinski definition) is 10. The molecule has 0 bridgehead atoms. The summed E-state index contributed by atoms with van der Waals surface area (Å²) in [6, 6.07) is -3.64. The van der Waals surface area contributed by atoms with Crippen molar-refractivity contribution in [2.45, 2.75) is 100 Å². The van der Waals surface area contributed by atoms with Crippen LogP contribution in [0.5, 0.6) is 0 Å². The van der Waals surface area contributed by atoms with E-state index in [9.17, 15) is 54.9 Å². The van der Waals surface area contributed by atoms with Gasteiger partial charge < -0.3 is 75.4 Å². The van der Waals surface area contributed by atoms with Crippen molar-refractivity contribution < 1.29 is 88.4 Å². The molecular weight excluding hydrogens is 732 g/mol. The SMILES string of the molecule is CC(=O)NC1[C@H](COC[C@H]2C(CO)O[C@@H](COC[C@@H]3C(CO)O[C@@H](O)C(NC(C)=O)[C@H]3O)C(NC(C)=O)[C@H]2OOC(=O)CN=[N+]=[N-])OC(CO)[C@@H](O)[C@@H]1O. The van der Waals surface area contributed by atoms with Crippen molar-refractivity contribution in [3.05, 3.63) is 10.4 Å². The molecule has 0 radical (unpaired) electrons. The smallest absolute Gasteiger partial charge is 0.348 e. The number of nitrogens with one attached hydrogen (secondary N) is 3. The third kappa shape index (κ3) is 12.1. The zero-order valence-electron chi connectivity index (χ0n) is 29.8. The summed E-state index contributed by atoms with van der Waals surface area (Å²) in [6.07, 6.45) is -13.3. The van der Waals surface area contributed by atoms with Crippen molar-refractivity contribution in [2.75, 3.05) is 52.8 Å². The van der Waals surface area contributed by atoms with Crippen molar-refractivity contribution in [3.8, 4) is 0 Å². The second kappa shape index (κ2) is 21.7. The molecule has 10 N–H and O–H groups in total. The van der Waals surface area contributed by atoms with E-state index >= 15 is 0 Å². The Morgan fingerprint density at radius 2 is 1.15 bits per heavy atom. The first kappa shape index (κ1) is 45.1. The fourth-order valence-electron chi connectivity index (χ4n) is 6.57. The first-order valence-electron chi connectivity index (χ1n) is 17.0. The Hall–Kier alpha value is -3.33. The third-order valence-corrected chi connectivity index (χ3v) is 9.11. The number of amides is 3. The Labute approximate surface area is 308 Å². The van der Waals surface area contributed by atoms with Gasteiger partial charge in [-0.1, -0.05) is 5.11 Å². The van der Waals surface area contributed by atoms with Crippen molar-refractivity contribution in [2.24, 2.45) is 17.0 Å². The van der Waals surface area contributed by atoms with Gasteiger partial charge in [0.2, 0.25) is 17.7 Å². The molecule has 0 aromatic carbocycles. The highest BCUT2D eigenvalue weighted by molar-refractivity contribution is 5.74. The van der Waals surface area contributed by atoms with Crippen LogP contribution in [0.4, 0.5) is 0 Å². The van der Waals surface area contributed by atoms with E-state index in [-0.39, 0.29) is 26.4 Å². The number of rotatable bonds is 18. The van der Waals surface area contributed by atoms with Gasteiger partial charge in [-0.15, -0.1) is 0 Å². The second-order valence-electron chi connectivity index (χ2n) is 13.0. The van der Waals surface area contributed by atoms with Gasteiger partial charge in [0.25, 0.3) is 0 Å². The molecular formula is C30H50N6O18. The Morgan fingerprint density at radius 3 is 1.70 bits per heavy atom. The standard InChI is InChI=1S/C30H50N6O18/c1-12(40)33-23-20(51-19(7-39)27(45)28(23)46)10-49-9-16-18(6-38)50-21(24(34-13(2)41)29(16)54-53-22(43)4-32-36-31)11-48-8-15-17(5-37)52-30(47)25(26(15)44)35-14(3)42/h15-21,23-30,37-39,44-47H,4-11H2,1-3H3,(H,33,40)(H,34,41)(H,35,42)/t15-,16+,17?,18?,19?,20+,21+,23?,24?,25?,26+,27-,28-,29+,30-/m1/s1. The van der Waals surface area contributed by atoms with Gasteiger partial charge in [0.05, 0.1) is 76.6 Å². The number of aliphatic hydroxyl groups excluding tert-OH is 7. The van der Waals surface area contributed by atoms with Gasteiger partial charge in [-0.2, -0.15) is 4.89 Å². The lowest BCUT2D eigenvalue weighted by Crippen LogP contribution is -2.66. The molecule has 0 aromatic rings. The maximum atomic E-state index is 12.4. The predicted molar refractivity (Wildman–Crippen MR) is 174 cm³/mol. The summed E-state index contributed by atoms with van der Waals surface area (Å²) >= 11 is 0. The van der Waals surface area contributed by atoms with Gasteiger partial charge >= 0.3 is 5.97 Å². The predicted octanol–water partition coefficient (Wildman–Crippen LogP) is -5.77. The highest BCUT2D eigenvalue weighted by Crippen LogP contribution is 2.32. The number of azide groups is 1. The number of hydrogen-bond acceptors (Lipinski definition) is 19. The van der Waals surface area contributed by atoms with Gasteiger partial charge in [-0.3, -0.25) is 19.3 Å². The van der Waals surface area contributed by atoms with Crippen LogP contribution in [0.2, 0.25) is 0 Å². The quantitative estimate of drug-likeness (QED) is 0.0203. The van der Waals surface area contributed by atoms with Crippen LogP contribution in [0.1, 0.15) is 20.8 Å². The molecule has 6 unspecified atom stereocenters. The summed E-state index contributed by atoms with van der Waals surface area (Å²) in [4.78, 5) is 61.1. The molecule has 3 heterocycles. The lowest BCUT2D eigenvalue weighted by molar-refractivity contribution is -0.338. The lowest BCUT2D eigenvalue weighted by atomic mass is 9.85. The minimum atomic E-state index is -1.64. The highest BCUT2D eigenvalue weighted by Gasteiger charge is 2.50. The fourth-order valence-corrected chi connectivity index (χ4v) is 6.57. The van der Waals surface area contributed by atoms with E-state index in [0.717, 1.165) is 0 Å². The molecule has 24 nitrogen and oxygen atoms in total. The number of nitrogens with zero attached hydrogens (tertiary/aromatic N) is 3. The summed E-state index contributed by atoms with van der Waals surface area (Å²) < 4.78 is 28.9. The maximum Gasteiger partial charge on any atom is 0.348 e. The first-order valence-corrected chi connectivity index (χ1v) is 17.0. The maximum absolute atomic E-state index is 12.4. The summed E-state index contributed by atoms with van der Waals surface area (Å²) in [6.45, 7) is -0.705. The summed E-state index contributed by atoms with van der Waals surface area (Å²) in [7, 11) is 0. The van der Waals surface area contributed by atoms with E-state index < -0.39 is 141 Å². The van der Waals surface area contributed by atoms with Crippen LogP contribution in [0, 0.1) is 11.8 Å². The molecule has 0 spiro atoms. The number of carbonyl (C=O) groups excluding carboxylic acids is 4. The number of ether oxygens (including phenoxy) is 5. The molecule has 0 aliphatic carbocycles. The monoisotopic (exact) mass is 782 g/mol. The molecule has 3 fully saturated rings. The van der Waals surface area contributed by atoms with E-state index in [2.05, 4.69) is 26.0 Å². The molecule has 308 valence electrons. The summed E-state index contributed by atoms with van der Waals surface area (Å²) in [5, 5.41) is 82.7. The fraction of sp³-hybridized carbons (Fsp3) is 0.867. The molecule has 54 heavy (non-hydrogen) atoms. The normalized spacial score (nSPS) is 36.7. The Balaban J connectivity index is 1.84. The minimum absolute atomic E-state index is 0.336. The van der Waals surface area contributed by atoms with Crippen molar-refractivity contribution in [1.29, 1.82) is 0 Å². The highest BCUT2D eigenvalue weighted by atomic mass is 17.2. The lowest BCUT2D eigenvalue weighted by Gasteiger charge is -2.46. The second-order valence-corrected chi connectivity index (χ2v) is 13.0. The molecule has 15 atom stereocenters. The Morgan fingerprint density at radius 1 is 0.648 bits per heavy atom. The third-order valence-electron chi connectivity index (χ3n) is 9.11. The number of aliphatic hydroxyl groups is 7. The van der Waals surface area contributed by atoms with Crippen LogP contribution in [0.15, 0.2) is 5.11 Å². The Bertz CT molecular complexity index is 1300. The zero-order valence-corrected chi connectivity index (χ0v) is 29.8. The van der Waals surface area contributed by atoms with Gasteiger partial charge in [0.15, 0.2) is 6.29 Å².